The average Bonchev–Trinajstić information content (AvgIpc) is 0.740. The fraction of sp³-hybridized carbons (Fsp3) is 0.0833. The SMILES string of the molecule is C=C(C(=O)c1ccc(O)cc1O)c1ccc(O)cc1.C=C(Cc1ccc(O)cc1O)c1ccc(O)cc1.CC(C(=O)c1ccc(O)cc1O)c1ccc(O)cc1.Oc1ccc(C2=Cc3c(O)cc(O)cc3OC2)cc1.Oc1ccc(C2=Cc3cc(O)c(O)cc3OC2)cc1.Oc1ccc(C2=Cc3ccc(O)c(O)c3OC2)cc1.Oc1ccc(C2COc3cc(O)ccc3C2)cc1.Oc1cccc(C2=Cc3ccc(O)cc3OC2)c1. The molecule has 29 nitrogen and oxygen atoms in total. The molecule has 0 radical (unpaired) electrons. The molecule has 0 aromatic heterocycles. The monoisotopic (exact) mass is 2010 g/mol. The number of hydrogen-bond donors (Lipinski definition) is 22. The van der Waals surface area contributed by atoms with E-state index in [1.807, 2.05) is 54.6 Å². The summed E-state index contributed by atoms with van der Waals surface area (Å²) in [6.45, 7) is 11.4. The average molecular weight is 2010 g/mol. The van der Waals surface area contributed by atoms with Crippen molar-refractivity contribution >= 4 is 69.3 Å². The van der Waals surface area contributed by atoms with Gasteiger partial charge in [-0.05, 0) is 278 Å². The molecule has 5 aliphatic rings. The van der Waals surface area contributed by atoms with Crippen LogP contribution in [0.2, 0.25) is 0 Å². The zero-order valence-corrected chi connectivity index (χ0v) is 79.6. The van der Waals surface area contributed by atoms with Gasteiger partial charge in [-0.2, -0.15) is 0 Å². The Morgan fingerprint density at radius 2 is 0.718 bits per heavy atom. The number of hydrogen-bond acceptors (Lipinski definition) is 29. The summed E-state index contributed by atoms with van der Waals surface area (Å²) in [6, 6.07) is 85.0. The fourth-order valence-corrected chi connectivity index (χ4v) is 15.8. The van der Waals surface area contributed by atoms with Crippen molar-refractivity contribution < 1.29 is 146 Å². The minimum absolute atomic E-state index is 0.0222. The van der Waals surface area contributed by atoms with Gasteiger partial charge >= 0.3 is 0 Å². The maximum absolute atomic E-state index is 12.3. The number of ketones is 2. The molecule has 2 unspecified atom stereocenters. The second-order valence-electron chi connectivity index (χ2n) is 34.5. The third-order valence-electron chi connectivity index (χ3n) is 23.9. The molecule has 5 heterocycles. The van der Waals surface area contributed by atoms with Crippen LogP contribution in [0.15, 0.2) is 335 Å². The van der Waals surface area contributed by atoms with Crippen LogP contribution in [0.1, 0.15) is 117 Å². The summed E-state index contributed by atoms with van der Waals surface area (Å²) in [7, 11) is 0. The Labute approximate surface area is 853 Å². The predicted molar refractivity (Wildman–Crippen MR) is 564 cm³/mol. The standard InChI is InChI=1S/3C15H12O4.C15H14O4.C15H12O4.C15H14O3.C15H12O3.C15H14O3/c16-12-4-1-9(2-5-12)11-7-10-3-6-13(17)14(18)15(10)19-8-11;16-11-3-1-9(2-4-11)10-5-13-14(18)6-12(17)7-15(13)19-8-10;16-12-3-1-9(2-4-12)11-5-10-6-13(17)14(18)7-15(10)19-8-11;2*1-9(10-2-4-11(16)5-3-10)15(19)13-7-6-12(17)8-14(13)18;16-13-4-1-10(2-5-13)12-7-11-3-6-14(17)8-15(11)18-9-12;16-13-3-1-2-10(7-13)12-6-11-4-5-14(17)8-15(11)18-9-12;1-10(11-2-5-13(16)6-3-11)8-12-4-7-14(17)9-15(12)18/h3*1-7,16-18H,8H2;2-9,16-18H,1H3;2-8,16-18H,1H2;1-6,8,12,16-17H,7,9H2;1-8,16-17H,9H2;2-7,9,16-18H,1,8H2. The Morgan fingerprint density at radius 3 is 1.27 bits per heavy atom. The van der Waals surface area contributed by atoms with Gasteiger partial charge in [-0.3, -0.25) is 9.59 Å². The highest BCUT2D eigenvalue weighted by Crippen LogP contribution is 2.46. The van der Waals surface area contributed by atoms with Crippen LogP contribution >= 0.6 is 0 Å². The first-order valence-corrected chi connectivity index (χ1v) is 46.0. The van der Waals surface area contributed by atoms with E-state index in [1.54, 1.807) is 195 Å². The lowest BCUT2D eigenvalue weighted by molar-refractivity contribution is 0.0962. The Bertz CT molecular complexity index is 7650. The Kier molecular flexibility index (Phi) is 33.5. The highest BCUT2D eigenvalue weighted by atomic mass is 16.5. The van der Waals surface area contributed by atoms with Crippen LogP contribution in [-0.2, 0) is 12.8 Å². The largest absolute Gasteiger partial charge is 0.508 e. The molecular weight excluding hydrogens is 1910 g/mol. The molecule has 0 spiro atoms. The predicted octanol–water partition coefficient (Wildman–Crippen LogP) is 22.6. The van der Waals surface area contributed by atoms with E-state index in [9.17, 15) is 122 Å². The minimum atomic E-state index is -0.448. The number of carbonyl (C=O) groups excluding carboxylic acids is 2. The van der Waals surface area contributed by atoms with Crippen molar-refractivity contribution in [1.29, 1.82) is 0 Å². The smallest absolute Gasteiger partial charge is 0.201 e. The number of ether oxygens (including phenoxy) is 5. The first-order chi connectivity index (χ1) is 71.4. The summed E-state index contributed by atoms with van der Waals surface area (Å²) in [5, 5.41) is 207. The molecule has 16 aromatic rings. The molecule has 5 aliphatic heterocycles. The van der Waals surface area contributed by atoms with Gasteiger partial charge < -0.3 is 136 Å². The second kappa shape index (κ2) is 47.7. The number of carbonyl (C=O) groups is 2. The van der Waals surface area contributed by atoms with E-state index in [-0.39, 0.29) is 149 Å². The van der Waals surface area contributed by atoms with E-state index < -0.39 is 11.7 Å². The Morgan fingerprint density at radius 1 is 0.309 bits per heavy atom. The molecule has 16 aromatic carbocycles. The molecule has 22 N–H and O–H groups in total. The van der Waals surface area contributed by atoms with Crippen LogP contribution in [0.3, 0.4) is 0 Å². The molecule has 21 rings (SSSR count). The molecule has 0 bridgehead atoms. The van der Waals surface area contributed by atoms with Gasteiger partial charge in [0.15, 0.2) is 34.6 Å². The summed E-state index contributed by atoms with van der Waals surface area (Å²) in [4.78, 5) is 24.4. The number of phenols is 22. The van der Waals surface area contributed by atoms with E-state index in [4.69, 9.17) is 23.7 Å². The molecule has 0 saturated heterocycles. The summed E-state index contributed by atoms with van der Waals surface area (Å²) in [6.07, 6.45) is 8.99. The first-order valence-electron chi connectivity index (χ1n) is 46.0. The summed E-state index contributed by atoms with van der Waals surface area (Å²) in [5.74, 6) is 2.39. The lowest BCUT2D eigenvalue weighted by atomic mass is 9.90. The Hall–Kier alpha value is -20.1. The lowest BCUT2D eigenvalue weighted by Crippen LogP contribution is -2.18. The number of Topliss-reactive ketones (excluding diaryl/α,β-unsaturated/α-hetero) is 2. The summed E-state index contributed by atoms with van der Waals surface area (Å²) >= 11 is 0. The highest BCUT2D eigenvalue weighted by molar-refractivity contribution is 6.29. The van der Waals surface area contributed by atoms with Gasteiger partial charge in [-0.15, -0.1) is 0 Å². The van der Waals surface area contributed by atoms with Crippen LogP contribution in [0.4, 0.5) is 0 Å². The third kappa shape index (κ3) is 27.6. The van der Waals surface area contributed by atoms with Crippen molar-refractivity contribution in [2.24, 2.45) is 0 Å². The van der Waals surface area contributed by atoms with E-state index in [1.165, 1.54) is 91.0 Å². The quantitative estimate of drug-likeness (QED) is 0.0273. The molecule has 29 heteroatoms. The second-order valence-corrected chi connectivity index (χ2v) is 34.5. The number of aromatic hydroxyl groups is 22. The highest BCUT2D eigenvalue weighted by Gasteiger charge is 2.27. The molecule has 0 fully saturated rings. The van der Waals surface area contributed by atoms with Gasteiger partial charge in [0.2, 0.25) is 5.75 Å². The number of allylic oxidation sites excluding steroid dienone is 2. The zero-order valence-electron chi connectivity index (χ0n) is 79.6. The van der Waals surface area contributed by atoms with Crippen molar-refractivity contribution in [3.05, 3.63) is 424 Å². The fourth-order valence-electron chi connectivity index (χ4n) is 15.8. The number of fused-ring (bicyclic) bond motifs is 5. The molecule has 0 saturated carbocycles. The van der Waals surface area contributed by atoms with Crippen LogP contribution < -0.4 is 23.7 Å². The summed E-state index contributed by atoms with van der Waals surface area (Å²) in [5.41, 5.74) is 16.8. The van der Waals surface area contributed by atoms with E-state index in [2.05, 4.69) is 13.2 Å². The van der Waals surface area contributed by atoms with Crippen LogP contribution in [0.5, 0.6) is 155 Å². The minimum Gasteiger partial charge on any atom is -0.508 e. The van der Waals surface area contributed by atoms with Gasteiger partial charge in [0.25, 0.3) is 0 Å². The van der Waals surface area contributed by atoms with Crippen LogP contribution in [0, 0.1) is 0 Å². The van der Waals surface area contributed by atoms with Crippen molar-refractivity contribution in [2.75, 3.05) is 33.0 Å². The molecule has 756 valence electrons. The maximum Gasteiger partial charge on any atom is 0.201 e. The van der Waals surface area contributed by atoms with Crippen molar-refractivity contribution in [2.45, 2.75) is 31.6 Å². The molecule has 149 heavy (non-hydrogen) atoms. The lowest BCUT2D eigenvalue weighted by Gasteiger charge is -2.25. The Balaban J connectivity index is 0.000000134. The van der Waals surface area contributed by atoms with E-state index in [0.717, 1.165) is 102 Å². The molecule has 0 amide bonds. The van der Waals surface area contributed by atoms with Crippen molar-refractivity contribution in [3.8, 4) is 155 Å². The van der Waals surface area contributed by atoms with Crippen molar-refractivity contribution in [1.82, 2.24) is 0 Å². The van der Waals surface area contributed by atoms with E-state index >= 15 is 0 Å². The molecular formula is C120H102O29. The number of rotatable bonds is 14. The normalized spacial score (nSPS) is 13.0. The summed E-state index contributed by atoms with van der Waals surface area (Å²) < 4.78 is 27.9. The maximum atomic E-state index is 12.3. The molecule has 2 atom stereocenters. The number of benzene rings is 16. The van der Waals surface area contributed by atoms with Gasteiger partial charge in [0.05, 0.1) is 23.3 Å². The van der Waals surface area contributed by atoms with Gasteiger partial charge in [0.1, 0.15) is 153 Å². The van der Waals surface area contributed by atoms with Crippen LogP contribution in [-0.4, -0.2) is 157 Å². The van der Waals surface area contributed by atoms with Crippen LogP contribution in [0.25, 0.3) is 57.7 Å². The number of phenolic OH excluding ortho intramolecular Hbond substituents is 22. The van der Waals surface area contributed by atoms with E-state index in [0.29, 0.717) is 96.2 Å². The van der Waals surface area contributed by atoms with Gasteiger partial charge in [-0.1, -0.05) is 129 Å². The topological polar surface area (TPSA) is 525 Å². The third-order valence-corrected chi connectivity index (χ3v) is 23.9. The van der Waals surface area contributed by atoms with Gasteiger partial charge in [0, 0.05) is 89.1 Å². The molecule has 0 aliphatic carbocycles. The van der Waals surface area contributed by atoms with Crippen molar-refractivity contribution in [3.63, 3.8) is 0 Å². The van der Waals surface area contributed by atoms with Gasteiger partial charge in [-0.25, -0.2) is 0 Å². The zero-order chi connectivity index (χ0) is 106. The first kappa shape index (κ1) is 105.